The number of aromatic nitrogens is 5. The van der Waals surface area contributed by atoms with Gasteiger partial charge in [-0.15, -0.1) is 10.2 Å². The molecule has 3 aliphatic heterocycles. The molecule has 0 spiro atoms. The van der Waals surface area contributed by atoms with E-state index in [0.717, 1.165) is 82.3 Å². The second-order valence-electron chi connectivity index (χ2n) is 10.7. The molecule has 38 heavy (non-hydrogen) atoms. The fraction of sp³-hybridized carbons (Fsp3) is 0.720. The maximum Gasteiger partial charge on any atom is 0.423 e. The van der Waals surface area contributed by atoms with E-state index in [1.807, 2.05) is 4.90 Å². The van der Waals surface area contributed by atoms with Crippen LogP contribution in [0, 0.1) is 5.92 Å². The number of aryl methyl sites for hydroxylation is 1. The fourth-order valence-electron chi connectivity index (χ4n) is 5.95. The van der Waals surface area contributed by atoms with Crippen molar-refractivity contribution in [3.63, 3.8) is 0 Å². The van der Waals surface area contributed by atoms with Gasteiger partial charge >= 0.3 is 6.18 Å². The molecule has 0 radical (unpaired) electrons. The number of alkyl halides is 3. The summed E-state index contributed by atoms with van der Waals surface area (Å²) in [5.41, 5.74) is -0.996. The Bertz CT molecular complexity index is 1160. The minimum absolute atomic E-state index is 0.0380. The Kier molecular flexibility index (Phi) is 6.87. The maximum absolute atomic E-state index is 13.5. The standard InChI is InChI=1S/C25H32F3N7O3/c26-25(27,28)19-11-29-24(31-22(19)38-18-13-37-14-18)30-17-5-3-4-15(10-17)21-33-32-20-7-6-16(12-35(20)21)23(36)34-8-1-2-9-34/h11,15-18H,1-10,12-14H2,(H,29,30,31)/t15-,16-,17+/m0/s1. The first kappa shape index (κ1) is 25.3. The zero-order valence-electron chi connectivity index (χ0n) is 21.1. The molecule has 2 aromatic heterocycles. The number of amides is 1. The van der Waals surface area contributed by atoms with Crippen LogP contribution in [0.15, 0.2) is 6.20 Å². The van der Waals surface area contributed by atoms with Gasteiger partial charge in [0.25, 0.3) is 0 Å². The fourth-order valence-corrected chi connectivity index (χ4v) is 5.95. The third-order valence-corrected chi connectivity index (χ3v) is 8.06. The highest BCUT2D eigenvalue weighted by molar-refractivity contribution is 5.79. The molecule has 2 aromatic rings. The van der Waals surface area contributed by atoms with Crippen molar-refractivity contribution in [2.24, 2.45) is 5.92 Å². The molecular formula is C25H32F3N7O3. The second kappa shape index (κ2) is 10.3. The SMILES string of the molecule is O=C([C@H]1CCc2nnc([C@H]3CCC[C@@H](Nc4ncc(C(F)(F)F)c(OC5COC5)n4)C3)n2C1)N1CCCC1. The summed E-state index contributed by atoms with van der Waals surface area (Å²) in [6.45, 7) is 2.78. The van der Waals surface area contributed by atoms with Gasteiger partial charge < -0.3 is 24.3 Å². The van der Waals surface area contributed by atoms with Gasteiger partial charge in [0.1, 0.15) is 23.3 Å². The molecule has 0 aromatic carbocycles. The van der Waals surface area contributed by atoms with Crippen LogP contribution in [0.1, 0.15) is 68.1 Å². The van der Waals surface area contributed by atoms with E-state index in [2.05, 4.69) is 30.0 Å². The summed E-state index contributed by atoms with van der Waals surface area (Å²) in [5.74, 6) is 1.77. The van der Waals surface area contributed by atoms with Crippen molar-refractivity contribution in [3.05, 3.63) is 23.4 Å². The molecule has 0 bridgehead atoms. The van der Waals surface area contributed by atoms with E-state index in [4.69, 9.17) is 9.47 Å². The number of rotatable bonds is 6. The predicted octanol–water partition coefficient (Wildman–Crippen LogP) is 3.19. The highest BCUT2D eigenvalue weighted by Crippen LogP contribution is 2.38. The van der Waals surface area contributed by atoms with Crippen molar-refractivity contribution in [2.45, 2.75) is 82.2 Å². The number of carbonyl (C=O) groups excluding carboxylic acids is 1. The minimum atomic E-state index is -4.62. The van der Waals surface area contributed by atoms with E-state index in [-0.39, 0.29) is 42.9 Å². The number of hydrogen-bond acceptors (Lipinski definition) is 8. The summed E-state index contributed by atoms with van der Waals surface area (Å²) in [7, 11) is 0. The monoisotopic (exact) mass is 535 g/mol. The van der Waals surface area contributed by atoms with E-state index < -0.39 is 23.7 Å². The number of carbonyl (C=O) groups is 1. The van der Waals surface area contributed by atoms with Crippen molar-refractivity contribution in [3.8, 4) is 5.88 Å². The van der Waals surface area contributed by atoms with Gasteiger partial charge in [0.15, 0.2) is 0 Å². The molecular weight excluding hydrogens is 503 g/mol. The van der Waals surface area contributed by atoms with Crippen LogP contribution in [0.25, 0.3) is 0 Å². The number of nitrogens with zero attached hydrogens (tertiary/aromatic N) is 6. The number of ether oxygens (including phenoxy) is 2. The van der Waals surface area contributed by atoms with E-state index in [1.165, 1.54) is 0 Å². The number of fused-ring (bicyclic) bond motifs is 1. The number of anilines is 1. The topological polar surface area (TPSA) is 107 Å². The molecule has 4 aliphatic rings. The van der Waals surface area contributed by atoms with Gasteiger partial charge in [-0.1, -0.05) is 6.42 Å². The van der Waals surface area contributed by atoms with Gasteiger partial charge in [0.05, 0.1) is 19.1 Å². The lowest BCUT2D eigenvalue weighted by Crippen LogP contribution is -2.39. The van der Waals surface area contributed by atoms with Crippen molar-refractivity contribution in [1.29, 1.82) is 0 Å². The maximum atomic E-state index is 13.5. The quantitative estimate of drug-likeness (QED) is 0.601. The Morgan fingerprint density at radius 1 is 1.11 bits per heavy atom. The Morgan fingerprint density at radius 3 is 2.66 bits per heavy atom. The van der Waals surface area contributed by atoms with Crippen molar-refractivity contribution < 1.29 is 27.4 Å². The first-order valence-electron chi connectivity index (χ1n) is 13.5. The Balaban J connectivity index is 1.14. The Morgan fingerprint density at radius 2 is 1.92 bits per heavy atom. The van der Waals surface area contributed by atoms with Crippen LogP contribution in [0.2, 0.25) is 0 Å². The van der Waals surface area contributed by atoms with E-state index in [0.29, 0.717) is 6.54 Å². The summed E-state index contributed by atoms with van der Waals surface area (Å²) in [4.78, 5) is 23.1. The molecule has 1 aliphatic carbocycles. The van der Waals surface area contributed by atoms with Crippen LogP contribution in [0.4, 0.5) is 19.1 Å². The van der Waals surface area contributed by atoms with Crippen molar-refractivity contribution >= 4 is 11.9 Å². The zero-order valence-corrected chi connectivity index (χ0v) is 21.1. The van der Waals surface area contributed by atoms with E-state index >= 15 is 0 Å². The lowest BCUT2D eigenvalue weighted by Gasteiger charge is -2.32. The van der Waals surface area contributed by atoms with Gasteiger partial charge in [-0.3, -0.25) is 4.79 Å². The number of nitrogens with one attached hydrogen (secondary N) is 1. The average Bonchev–Trinajstić information content (AvgIpc) is 3.55. The summed E-state index contributed by atoms with van der Waals surface area (Å²) >= 11 is 0. The zero-order chi connectivity index (χ0) is 26.3. The molecule has 5 heterocycles. The number of halogens is 3. The summed E-state index contributed by atoms with van der Waals surface area (Å²) < 4.78 is 53.0. The summed E-state index contributed by atoms with van der Waals surface area (Å²) in [6.07, 6.45) is 2.81. The third kappa shape index (κ3) is 5.16. The first-order chi connectivity index (χ1) is 18.3. The van der Waals surface area contributed by atoms with Crippen LogP contribution in [-0.4, -0.2) is 74.0 Å². The van der Waals surface area contributed by atoms with Crippen LogP contribution in [0.5, 0.6) is 5.88 Å². The van der Waals surface area contributed by atoms with Crippen LogP contribution in [-0.2, 0) is 28.7 Å². The van der Waals surface area contributed by atoms with E-state index in [9.17, 15) is 18.0 Å². The smallest absolute Gasteiger partial charge is 0.423 e. The first-order valence-corrected chi connectivity index (χ1v) is 13.5. The average molecular weight is 536 g/mol. The molecule has 3 fully saturated rings. The number of likely N-dealkylation sites (tertiary alicyclic amines) is 1. The highest BCUT2D eigenvalue weighted by atomic mass is 19.4. The highest BCUT2D eigenvalue weighted by Gasteiger charge is 2.38. The Labute approximate surface area is 218 Å². The van der Waals surface area contributed by atoms with Crippen LogP contribution >= 0.6 is 0 Å². The lowest BCUT2D eigenvalue weighted by molar-refractivity contribution is -0.142. The lowest BCUT2D eigenvalue weighted by atomic mass is 9.84. The molecule has 1 amide bonds. The molecule has 13 heteroatoms. The molecule has 1 saturated carbocycles. The van der Waals surface area contributed by atoms with Crippen molar-refractivity contribution in [1.82, 2.24) is 29.6 Å². The Hall–Kier alpha value is -2.96. The summed E-state index contributed by atoms with van der Waals surface area (Å²) in [5, 5.41) is 12.2. The number of hydrogen-bond donors (Lipinski definition) is 1. The van der Waals surface area contributed by atoms with Gasteiger partial charge in [0, 0.05) is 44.2 Å². The summed E-state index contributed by atoms with van der Waals surface area (Å²) in [6, 6.07) is -0.0380. The minimum Gasteiger partial charge on any atom is -0.469 e. The van der Waals surface area contributed by atoms with Gasteiger partial charge in [-0.05, 0) is 38.5 Å². The van der Waals surface area contributed by atoms with Gasteiger partial charge in [-0.2, -0.15) is 18.2 Å². The van der Waals surface area contributed by atoms with Gasteiger partial charge in [0.2, 0.25) is 17.7 Å². The van der Waals surface area contributed by atoms with Crippen molar-refractivity contribution in [2.75, 3.05) is 31.6 Å². The van der Waals surface area contributed by atoms with E-state index in [1.54, 1.807) is 0 Å². The third-order valence-electron chi connectivity index (χ3n) is 8.06. The predicted molar refractivity (Wildman–Crippen MR) is 129 cm³/mol. The van der Waals surface area contributed by atoms with Crippen LogP contribution < -0.4 is 10.1 Å². The van der Waals surface area contributed by atoms with Crippen LogP contribution in [0.3, 0.4) is 0 Å². The molecule has 6 rings (SSSR count). The molecule has 3 atom stereocenters. The second-order valence-corrected chi connectivity index (χ2v) is 10.7. The molecule has 1 N–H and O–H groups in total. The molecule has 2 saturated heterocycles. The largest absolute Gasteiger partial charge is 0.469 e. The molecule has 0 unspecified atom stereocenters. The normalized spacial score (nSPS) is 26.1. The molecule has 206 valence electrons. The molecule has 10 nitrogen and oxygen atoms in total. The van der Waals surface area contributed by atoms with Gasteiger partial charge in [-0.25, -0.2) is 4.98 Å².